The van der Waals surface area contributed by atoms with Crippen molar-refractivity contribution in [2.24, 2.45) is 7.05 Å². The maximum atomic E-state index is 4.67. The van der Waals surface area contributed by atoms with Gasteiger partial charge >= 0.3 is 0 Å². The molecule has 1 N–H and O–H groups in total. The molecule has 0 amide bonds. The van der Waals surface area contributed by atoms with Crippen LogP contribution < -0.4 is 5.32 Å². The Hall–Kier alpha value is -1.88. The number of hydrogen-bond acceptors (Lipinski definition) is 4. The van der Waals surface area contributed by atoms with E-state index in [1.54, 1.807) is 17.5 Å². The van der Waals surface area contributed by atoms with Gasteiger partial charge in [-0.15, -0.1) is 11.3 Å². The predicted octanol–water partition coefficient (Wildman–Crippen LogP) is 3.20. The van der Waals surface area contributed by atoms with E-state index in [-0.39, 0.29) is 6.04 Å². The van der Waals surface area contributed by atoms with Gasteiger partial charge in [0.25, 0.3) is 0 Å². The molecule has 0 aliphatic rings. The fraction of sp³-hybridized carbons (Fsp3) is 0.231. The minimum atomic E-state index is 0.133. The smallest absolute Gasteiger partial charge is 0.183 e. The zero-order valence-corrected chi connectivity index (χ0v) is 11.1. The summed E-state index contributed by atoms with van der Waals surface area (Å²) < 4.78 is 2.13. The van der Waals surface area contributed by atoms with Crippen LogP contribution in [0.2, 0.25) is 0 Å². The SMILES string of the molecule is CC(Nc1nccs1)c1nc2ccccc2n1C. The van der Waals surface area contributed by atoms with Gasteiger partial charge in [0.05, 0.1) is 17.1 Å². The molecule has 18 heavy (non-hydrogen) atoms. The summed E-state index contributed by atoms with van der Waals surface area (Å²) in [6.45, 7) is 2.10. The van der Waals surface area contributed by atoms with Crippen LogP contribution in [0, 0.1) is 0 Å². The first kappa shape index (κ1) is 11.2. The third kappa shape index (κ3) is 1.86. The Labute approximate surface area is 109 Å². The standard InChI is InChI=1S/C13H14N4S/c1-9(15-13-14-7-8-18-13)12-16-10-5-3-4-6-11(10)17(12)2/h3-9H,1-2H3,(H,14,15). The van der Waals surface area contributed by atoms with E-state index >= 15 is 0 Å². The molecule has 2 aromatic heterocycles. The van der Waals surface area contributed by atoms with E-state index in [2.05, 4.69) is 32.8 Å². The number of imidazole rings is 1. The molecule has 1 unspecified atom stereocenters. The number of aromatic nitrogens is 3. The lowest BCUT2D eigenvalue weighted by molar-refractivity contribution is 0.733. The molecule has 0 radical (unpaired) electrons. The molecule has 0 fully saturated rings. The Morgan fingerprint density at radius 3 is 2.89 bits per heavy atom. The highest BCUT2D eigenvalue weighted by atomic mass is 32.1. The van der Waals surface area contributed by atoms with Crippen molar-refractivity contribution in [3.05, 3.63) is 41.7 Å². The quantitative estimate of drug-likeness (QED) is 0.784. The van der Waals surface area contributed by atoms with Gasteiger partial charge in [0.1, 0.15) is 5.82 Å². The summed E-state index contributed by atoms with van der Waals surface area (Å²) in [5.74, 6) is 1.02. The van der Waals surface area contributed by atoms with Gasteiger partial charge in [0, 0.05) is 18.6 Å². The Morgan fingerprint density at radius 2 is 2.17 bits per heavy atom. The molecular weight excluding hydrogens is 244 g/mol. The number of hydrogen-bond donors (Lipinski definition) is 1. The molecule has 92 valence electrons. The van der Waals surface area contributed by atoms with Crippen LogP contribution in [0.4, 0.5) is 5.13 Å². The van der Waals surface area contributed by atoms with Crippen LogP contribution in [-0.4, -0.2) is 14.5 Å². The summed E-state index contributed by atoms with van der Waals surface area (Å²) in [6, 6.07) is 8.30. The van der Waals surface area contributed by atoms with E-state index in [1.165, 1.54) is 0 Å². The van der Waals surface area contributed by atoms with Gasteiger partial charge in [-0.3, -0.25) is 0 Å². The van der Waals surface area contributed by atoms with Gasteiger partial charge in [-0.25, -0.2) is 9.97 Å². The molecule has 3 aromatic rings. The number of nitrogens with zero attached hydrogens (tertiary/aromatic N) is 3. The fourth-order valence-electron chi connectivity index (χ4n) is 2.10. The van der Waals surface area contributed by atoms with Crippen LogP contribution in [-0.2, 0) is 7.05 Å². The van der Waals surface area contributed by atoms with Crippen LogP contribution in [0.25, 0.3) is 11.0 Å². The van der Waals surface area contributed by atoms with Gasteiger partial charge in [-0.1, -0.05) is 12.1 Å². The van der Waals surface area contributed by atoms with Gasteiger partial charge in [-0.2, -0.15) is 0 Å². The van der Waals surface area contributed by atoms with Crippen molar-refractivity contribution in [3.8, 4) is 0 Å². The molecule has 1 aromatic carbocycles. The maximum Gasteiger partial charge on any atom is 0.183 e. The normalized spacial score (nSPS) is 12.8. The highest BCUT2D eigenvalue weighted by molar-refractivity contribution is 7.13. The molecule has 2 heterocycles. The van der Waals surface area contributed by atoms with Gasteiger partial charge in [0.15, 0.2) is 5.13 Å². The van der Waals surface area contributed by atoms with Crippen LogP contribution in [0.5, 0.6) is 0 Å². The molecule has 1 atom stereocenters. The minimum Gasteiger partial charge on any atom is -0.352 e. The van der Waals surface area contributed by atoms with E-state index in [9.17, 15) is 0 Å². The molecular formula is C13H14N4S. The van der Waals surface area contributed by atoms with E-state index in [4.69, 9.17) is 0 Å². The molecule has 0 saturated heterocycles. The zero-order chi connectivity index (χ0) is 12.5. The molecule has 3 rings (SSSR count). The highest BCUT2D eigenvalue weighted by Crippen LogP contribution is 2.23. The van der Waals surface area contributed by atoms with Crippen LogP contribution >= 0.6 is 11.3 Å². The Bertz CT molecular complexity index is 657. The highest BCUT2D eigenvalue weighted by Gasteiger charge is 2.14. The number of fused-ring (bicyclic) bond motifs is 1. The van der Waals surface area contributed by atoms with Crippen molar-refractivity contribution in [2.45, 2.75) is 13.0 Å². The van der Waals surface area contributed by atoms with Crippen molar-refractivity contribution >= 4 is 27.5 Å². The molecule has 0 saturated carbocycles. The average Bonchev–Trinajstić information content (AvgIpc) is 2.98. The first-order valence-electron chi connectivity index (χ1n) is 5.83. The molecule has 0 bridgehead atoms. The van der Waals surface area contributed by atoms with E-state index in [0.717, 1.165) is 22.0 Å². The fourth-order valence-corrected chi connectivity index (χ4v) is 2.71. The minimum absolute atomic E-state index is 0.133. The number of nitrogens with one attached hydrogen (secondary N) is 1. The van der Waals surface area contributed by atoms with Gasteiger partial charge in [-0.05, 0) is 19.1 Å². The van der Waals surface area contributed by atoms with Gasteiger partial charge in [0.2, 0.25) is 0 Å². The van der Waals surface area contributed by atoms with E-state index < -0.39 is 0 Å². The zero-order valence-electron chi connectivity index (χ0n) is 10.3. The van der Waals surface area contributed by atoms with E-state index in [1.807, 2.05) is 30.6 Å². The summed E-state index contributed by atoms with van der Waals surface area (Å²) in [7, 11) is 2.05. The lowest BCUT2D eigenvalue weighted by Crippen LogP contribution is -2.11. The van der Waals surface area contributed by atoms with Crippen LogP contribution in [0.3, 0.4) is 0 Å². The van der Waals surface area contributed by atoms with Crippen molar-refractivity contribution in [2.75, 3.05) is 5.32 Å². The van der Waals surface area contributed by atoms with Crippen molar-refractivity contribution < 1.29 is 0 Å². The number of para-hydroxylation sites is 2. The molecule has 0 aliphatic carbocycles. The van der Waals surface area contributed by atoms with Crippen LogP contribution in [0.15, 0.2) is 35.8 Å². The summed E-state index contributed by atoms with van der Waals surface area (Å²) in [4.78, 5) is 8.91. The van der Waals surface area contributed by atoms with Crippen molar-refractivity contribution in [3.63, 3.8) is 0 Å². The number of benzene rings is 1. The molecule has 0 spiro atoms. The van der Waals surface area contributed by atoms with Crippen LogP contribution in [0.1, 0.15) is 18.8 Å². The summed E-state index contributed by atoms with van der Waals surface area (Å²) in [5, 5.41) is 6.25. The lowest BCUT2D eigenvalue weighted by Gasteiger charge is -2.12. The topological polar surface area (TPSA) is 42.7 Å². The maximum absolute atomic E-state index is 4.67. The second kappa shape index (κ2) is 4.42. The third-order valence-corrected chi connectivity index (χ3v) is 3.69. The largest absolute Gasteiger partial charge is 0.352 e. The van der Waals surface area contributed by atoms with Crippen molar-refractivity contribution in [1.82, 2.24) is 14.5 Å². The number of anilines is 1. The second-order valence-electron chi connectivity index (χ2n) is 4.22. The number of rotatable bonds is 3. The molecule has 4 nitrogen and oxygen atoms in total. The monoisotopic (exact) mass is 258 g/mol. The Kier molecular flexibility index (Phi) is 2.76. The van der Waals surface area contributed by atoms with Gasteiger partial charge < -0.3 is 9.88 Å². The second-order valence-corrected chi connectivity index (χ2v) is 5.12. The number of thiazole rings is 1. The Balaban J connectivity index is 1.96. The van der Waals surface area contributed by atoms with Crippen molar-refractivity contribution in [1.29, 1.82) is 0 Å². The molecule has 5 heteroatoms. The lowest BCUT2D eigenvalue weighted by atomic mass is 10.3. The summed E-state index contributed by atoms with van der Waals surface area (Å²) >= 11 is 1.60. The Morgan fingerprint density at radius 1 is 1.33 bits per heavy atom. The molecule has 0 aliphatic heterocycles. The first-order chi connectivity index (χ1) is 8.75. The summed E-state index contributed by atoms with van der Waals surface area (Å²) in [5.41, 5.74) is 2.18. The predicted molar refractivity (Wildman–Crippen MR) is 74.9 cm³/mol. The third-order valence-electron chi connectivity index (χ3n) is 2.98. The summed E-state index contributed by atoms with van der Waals surface area (Å²) in [6.07, 6.45) is 1.80. The first-order valence-corrected chi connectivity index (χ1v) is 6.71. The number of aryl methyl sites for hydroxylation is 1. The van der Waals surface area contributed by atoms with E-state index in [0.29, 0.717) is 0 Å². The average molecular weight is 258 g/mol.